The van der Waals surface area contributed by atoms with Gasteiger partial charge in [-0.15, -0.1) is 0 Å². The molecule has 1 aromatic heterocycles. The van der Waals surface area contributed by atoms with Gasteiger partial charge in [0, 0.05) is 36.4 Å². The molecule has 4 heterocycles. The van der Waals surface area contributed by atoms with Crippen LogP contribution in [0.3, 0.4) is 0 Å². The zero-order chi connectivity index (χ0) is 29.2. The zero-order valence-corrected chi connectivity index (χ0v) is 23.1. The number of furan rings is 1. The number of hydrogen-bond acceptors (Lipinski definition) is 6. The fourth-order valence-corrected chi connectivity index (χ4v) is 6.18. The van der Waals surface area contributed by atoms with Gasteiger partial charge in [0.15, 0.2) is 0 Å². The van der Waals surface area contributed by atoms with Gasteiger partial charge in [-0.05, 0) is 57.4 Å². The Hall–Kier alpha value is -3.89. The second-order valence-electron chi connectivity index (χ2n) is 12.0. The molecule has 8 nitrogen and oxygen atoms in total. The SMILES string of the molecule is CC(C)(C)OC(=O)N1CCC(Nc2ccc3c(c2)OCC32C(=O)N(Cc3ccc(C(F)(F)F)o3)C3CC=CC=C32)C1. The summed E-state index contributed by atoms with van der Waals surface area (Å²) >= 11 is 0. The molecule has 1 N–H and O–H groups in total. The highest BCUT2D eigenvalue weighted by molar-refractivity contribution is 5.98. The van der Waals surface area contributed by atoms with E-state index in [2.05, 4.69) is 5.32 Å². The molecule has 6 rings (SSSR count). The van der Waals surface area contributed by atoms with Crippen LogP contribution in [-0.4, -0.2) is 59.2 Å². The normalized spacial score (nSPS) is 25.3. The molecule has 41 heavy (non-hydrogen) atoms. The highest BCUT2D eigenvalue weighted by Crippen LogP contribution is 2.53. The number of allylic oxidation sites excluding steroid dienone is 2. The number of nitrogens with one attached hydrogen (secondary N) is 1. The number of anilines is 1. The lowest BCUT2D eigenvalue weighted by molar-refractivity contribution is -0.153. The minimum absolute atomic E-state index is 0.0324. The molecule has 0 saturated carbocycles. The summed E-state index contributed by atoms with van der Waals surface area (Å²) in [5, 5.41) is 3.47. The lowest BCUT2D eigenvalue weighted by Gasteiger charge is -2.25. The Morgan fingerprint density at radius 2 is 2.00 bits per heavy atom. The van der Waals surface area contributed by atoms with Crippen molar-refractivity contribution < 1.29 is 36.7 Å². The molecule has 1 aliphatic carbocycles. The molecule has 4 aliphatic rings. The van der Waals surface area contributed by atoms with Gasteiger partial charge in [-0.2, -0.15) is 13.2 Å². The van der Waals surface area contributed by atoms with Crippen molar-refractivity contribution in [3.8, 4) is 5.75 Å². The van der Waals surface area contributed by atoms with Gasteiger partial charge in [-0.25, -0.2) is 4.79 Å². The van der Waals surface area contributed by atoms with E-state index in [4.69, 9.17) is 13.9 Å². The Kier molecular flexibility index (Phi) is 6.39. The van der Waals surface area contributed by atoms with Gasteiger partial charge < -0.3 is 29.0 Å². The van der Waals surface area contributed by atoms with Crippen LogP contribution in [0.25, 0.3) is 0 Å². The summed E-state index contributed by atoms with van der Waals surface area (Å²) in [6.07, 6.45) is 2.16. The molecule has 218 valence electrons. The smallest absolute Gasteiger partial charge is 0.449 e. The third-order valence-electron chi connectivity index (χ3n) is 7.99. The van der Waals surface area contributed by atoms with Gasteiger partial charge in [0.1, 0.15) is 29.1 Å². The molecule has 0 radical (unpaired) electrons. The van der Waals surface area contributed by atoms with Crippen LogP contribution in [0.15, 0.2) is 58.6 Å². The molecule has 2 aromatic rings. The van der Waals surface area contributed by atoms with Gasteiger partial charge in [0.05, 0.1) is 12.6 Å². The van der Waals surface area contributed by atoms with Crippen LogP contribution in [0, 0.1) is 0 Å². The van der Waals surface area contributed by atoms with Crippen LogP contribution >= 0.6 is 0 Å². The summed E-state index contributed by atoms with van der Waals surface area (Å²) in [4.78, 5) is 29.8. The van der Waals surface area contributed by atoms with Crippen molar-refractivity contribution >= 4 is 17.7 Å². The number of carbonyl (C=O) groups is 2. The van der Waals surface area contributed by atoms with Crippen LogP contribution in [-0.2, 0) is 27.7 Å². The summed E-state index contributed by atoms with van der Waals surface area (Å²) in [6, 6.07) is 7.54. The number of benzene rings is 1. The van der Waals surface area contributed by atoms with Crippen LogP contribution in [0.4, 0.5) is 23.7 Å². The first-order valence-corrected chi connectivity index (χ1v) is 13.7. The molecule has 1 aromatic carbocycles. The molecule has 2 fully saturated rings. The van der Waals surface area contributed by atoms with E-state index in [0.29, 0.717) is 25.3 Å². The molecule has 2 saturated heterocycles. The van der Waals surface area contributed by atoms with Crippen molar-refractivity contribution in [2.24, 2.45) is 0 Å². The molecule has 2 amide bonds. The third-order valence-corrected chi connectivity index (χ3v) is 7.99. The van der Waals surface area contributed by atoms with Crippen molar-refractivity contribution in [3.63, 3.8) is 0 Å². The van der Waals surface area contributed by atoms with E-state index < -0.39 is 23.0 Å². The maximum atomic E-state index is 14.1. The van der Waals surface area contributed by atoms with Crippen LogP contribution in [0.2, 0.25) is 0 Å². The van der Waals surface area contributed by atoms with Crippen molar-refractivity contribution in [3.05, 3.63) is 71.2 Å². The number of likely N-dealkylation sites (tertiary alicyclic amines) is 2. The highest BCUT2D eigenvalue weighted by atomic mass is 19.4. The van der Waals surface area contributed by atoms with Crippen LogP contribution < -0.4 is 10.1 Å². The quantitative estimate of drug-likeness (QED) is 0.511. The average molecular weight is 572 g/mol. The predicted molar refractivity (Wildman–Crippen MR) is 143 cm³/mol. The van der Waals surface area contributed by atoms with Gasteiger partial charge in [0.2, 0.25) is 11.7 Å². The number of hydrogen-bond donors (Lipinski definition) is 1. The highest BCUT2D eigenvalue weighted by Gasteiger charge is 2.60. The van der Waals surface area contributed by atoms with E-state index in [-0.39, 0.29) is 43.0 Å². The van der Waals surface area contributed by atoms with E-state index in [0.717, 1.165) is 29.3 Å². The Labute approximate surface area is 235 Å². The monoisotopic (exact) mass is 571 g/mol. The number of nitrogens with zero attached hydrogens (tertiary/aromatic N) is 2. The number of ether oxygens (including phenoxy) is 2. The number of rotatable bonds is 4. The van der Waals surface area contributed by atoms with E-state index in [1.807, 2.05) is 57.2 Å². The van der Waals surface area contributed by atoms with Crippen molar-refractivity contribution in [2.75, 3.05) is 25.0 Å². The summed E-state index contributed by atoms with van der Waals surface area (Å²) in [5.74, 6) is -0.643. The second kappa shape index (κ2) is 9.60. The zero-order valence-electron chi connectivity index (χ0n) is 23.1. The first kappa shape index (κ1) is 27.3. The summed E-state index contributed by atoms with van der Waals surface area (Å²) in [6.45, 7) is 6.65. The van der Waals surface area contributed by atoms with E-state index >= 15 is 0 Å². The largest absolute Gasteiger partial charge is 0.491 e. The minimum atomic E-state index is -4.59. The van der Waals surface area contributed by atoms with Gasteiger partial charge >= 0.3 is 12.3 Å². The summed E-state index contributed by atoms with van der Waals surface area (Å²) in [7, 11) is 0. The summed E-state index contributed by atoms with van der Waals surface area (Å²) in [5.41, 5.74) is 0.804. The van der Waals surface area contributed by atoms with Crippen molar-refractivity contribution in [1.29, 1.82) is 0 Å². The first-order chi connectivity index (χ1) is 19.3. The topological polar surface area (TPSA) is 84.2 Å². The van der Waals surface area contributed by atoms with E-state index in [1.54, 1.807) is 9.80 Å². The van der Waals surface area contributed by atoms with Crippen molar-refractivity contribution in [1.82, 2.24) is 9.80 Å². The second-order valence-corrected chi connectivity index (χ2v) is 12.0. The molecule has 1 spiro atoms. The fraction of sp³-hybridized carbons (Fsp3) is 0.467. The lowest BCUT2D eigenvalue weighted by atomic mass is 9.74. The number of amides is 2. The summed E-state index contributed by atoms with van der Waals surface area (Å²) < 4.78 is 56.0. The predicted octanol–water partition coefficient (Wildman–Crippen LogP) is 5.65. The molecular formula is C30H32F3N3O5. The number of carbonyl (C=O) groups excluding carboxylic acids is 2. The fourth-order valence-electron chi connectivity index (χ4n) is 6.18. The molecule has 11 heteroatoms. The Balaban J connectivity index is 1.21. The van der Waals surface area contributed by atoms with Crippen LogP contribution in [0.5, 0.6) is 5.75 Å². The number of halogens is 3. The van der Waals surface area contributed by atoms with Crippen molar-refractivity contribution in [2.45, 2.75) is 69.4 Å². The number of fused-ring (bicyclic) bond motifs is 4. The maximum absolute atomic E-state index is 14.1. The molecule has 0 bridgehead atoms. The van der Waals surface area contributed by atoms with Gasteiger partial charge in [0.25, 0.3) is 0 Å². The Morgan fingerprint density at radius 3 is 2.73 bits per heavy atom. The average Bonchev–Trinajstić information content (AvgIpc) is 3.67. The van der Waals surface area contributed by atoms with Crippen LogP contribution in [0.1, 0.15) is 50.7 Å². The molecular weight excluding hydrogens is 539 g/mol. The third kappa shape index (κ3) is 4.85. The first-order valence-electron chi connectivity index (χ1n) is 13.7. The maximum Gasteiger partial charge on any atom is 0.449 e. The Morgan fingerprint density at radius 1 is 1.20 bits per heavy atom. The number of alkyl halides is 3. The lowest BCUT2D eigenvalue weighted by Crippen LogP contribution is -2.40. The molecule has 3 unspecified atom stereocenters. The minimum Gasteiger partial charge on any atom is -0.491 e. The molecule has 3 atom stereocenters. The van der Waals surface area contributed by atoms with E-state index in [9.17, 15) is 22.8 Å². The Bertz CT molecular complexity index is 1440. The van der Waals surface area contributed by atoms with E-state index in [1.165, 1.54) is 6.07 Å². The molecule has 3 aliphatic heterocycles. The van der Waals surface area contributed by atoms with Gasteiger partial charge in [-0.1, -0.05) is 24.3 Å². The standard InChI is InChI=1S/C30H32F3N3O5/c1-28(2,3)41-27(38)35-13-12-19(15-35)34-18-8-10-22-24(14-18)39-17-29(22)21-6-4-5-7-23(21)36(26(29)37)16-20-9-11-25(40-20)30(31,32)33/h4-6,8-11,14,19,23,34H,7,12-13,15-17H2,1-3H3. The van der Waals surface area contributed by atoms with Gasteiger partial charge in [-0.3, -0.25) is 4.79 Å².